The molecule has 0 aliphatic carbocycles. The van der Waals surface area contributed by atoms with Gasteiger partial charge in [-0.1, -0.05) is 0 Å². The van der Waals surface area contributed by atoms with Crippen LogP contribution in [0.15, 0.2) is 18.2 Å². The predicted molar refractivity (Wildman–Crippen MR) is 59.9 cm³/mol. The summed E-state index contributed by atoms with van der Waals surface area (Å²) < 4.78 is 30.5. The SMILES string of the molecule is CCOC(=O)C(C)NC(=O)c1cc(F)cc(F)c1. The lowest BCUT2D eigenvalue weighted by atomic mass is 10.2. The molecule has 0 aromatic heterocycles. The van der Waals surface area contributed by atoms with Gasteiger partial charge in [0.05, 0.1) is 6.61 Å². The van der Waals surface area contributed by atoms with E-state index >= 15 is 0 Å². The number of amides is 1. The topological polar surface area (TPSA) is 55.4 Å². The normalized spacial score (nSPS) is 11.8. The highest BCUT2D eigenvalue weighted by atomic mass is 19.1. The molecule has 1 N–H and O–H groups in total. The molecule has 1 amide bonds. The Morgan fingerprint density at radius 3 is 2.33 bits per heavy atom. The number of hydrogen-bond donors (Lipinski definition) is 1. The molecule has 0 radical (unpaired) electrons. The van der Waals surface area contributed by atoms with Crippen LogP contribution in [0.5, 0.6) is 0 Å². The molecule has 1 unspecified atom stereocenters. The van der Waals surface area contributed by atoms with Crippen molar-refractivity contribution in [1.29, 1.82) is 0 Å². The van der Waals surface area contributed by atoms with Crippen molar-refractivity contribution in [2.24, 2.45) is 0 Å². The highest BCUT2D eigenvalue weighted by Crippen LogP contribution is 2.08. The Labute approximate surface area is 103 Å². The third kappa shape index (κ3) is 3.80. The van der Waals surface area contributed by atoms with Crippen molar-refractivity contribution in [3.8, 4) is 0 Å². The number of hydrogen-bond acceptors (Lipinski definition) is 3. The monoisotopic (exact) mass is 257 g/mol. The molecule has 0 fully saturated rings. The summed E-state index contributed by atoms with van der Waals surface area (Å²) in [6, 6.07) is 1.54. The summed E-state index contributed by atoms with van der Waals surface area (Å²) >= 11 is 0. The molecule has 1 rings (SSSR count). The van der Waals surface area contributed by atoms with Gasteiger partial charge in [0.2, 0.25) is 0 Å². The van der Waals surface area contributed by atoms with Crippen LogP contribution in [0.3, 0.4) is 0 Å². The van der Waals surface area contributed by atoms with Gasteiger partial charge >= 0.3 is 5.97 Å². The molecule has 0 aliphatic heterocycles. The molecule has 6 heteroatoms. The highest BCUT2D eigenvalue weighted by molar-refractivity contribution is 5.96. The van der Waals surface area contributed by atoms with E-state index in [1.165, 1.54) is 6.92 Å². The lowest BCUT2D eigenvalue weighted by Crippen LogP contribution is -2.39. The highest BCUT2D eigenvalue weighted by Gasteiger charge is 2.18. The fraction of sp³-hybridized carbons (Fsp3) is 0.333. The zero-order valence-electron chi connectivity index (χ0n) is 10.00. The third-order valence-electron chi connectivity index (χ3n) is 2.11. The summed E-state index contributed by atoms with van der Waals surface area (Å²) in [5, 5.41) is 2.29. The van der Waals surface area contributed by atoms with Gasteiger partial charge in [0.25, 0.3) is 5.91 Å². The number of halogens is 2. The van der Waals surface area contributed by atoms with Crippen molar-refractivity contribution in [2.45, 2.75) is 19.9 Å². The fourth-order valence-corrected chi connectivity index (χ4v) is 1.29. The standard InChI is InChI=1S/C12H13F2NO3/c1-3-18-12(17)7(2)15-11(16)8-4-9(13)6-10(14)5-8/h4-7H,3H2,1-2H3,(H,15,16). The molecule has 0 saturated carbocycles. The van der Waals surface area contributed by atoms with Crippen LogP contribution < -0.4 is 5.32 Å². The second-order valence-electron chi connectivity index (χ2n) is 3.61. The number of rotatable bonds is 4. The number of carbonyl (C=O) groups is 2. The molecule has 1 aromatic rings. The van der Waals surface area contributed by atoms with Gasteiger partial charge in [-0.15, -0.1) is 0 Å². The average molecular weight is 257 g/mol. The van der Waals surface area contributed by atoms with Gasteiger partial charge in [0, 0.05) is 11.6 Å². The maximum absolute atomic E-state index is 12.9. The Morgan fingerprint density at radius 1 is 1.28 bits per heavy atom. The molecule has 0 aliphatic rings. The zero-order valence-corrected chi connectivity index (χ0v) is 10.00. The van der Waals surface area contributed by atoms with E-state index in [4.69, 9.17) is 0 Å². The number of carbonyl (C=O) groups excluding carboxylic acids is 2. The third-order valence-corrected chi connectivity index (χ3v) is 2.11. The van der Waals surface area contributed by atoms with Crippen molar-refractivity contribution in [2.75, 3.05) is 6.61 Å². The van der Waals surface area contributed by atoms with Gasteiger partial charge in [0.1, 0.15) is 17.7 Å². The van der Waals surface area contributed by atoms with Gasteiger partial charge in [-0.25, -0.2) is 13.6 Å². The summed E-state index contributed by atoms with van der Waals surface area (Å²) in [5.41, 5.74) is -0.191. The summed E-state index contributed by atoms with van der Waals surface area (Å²) in [7, 11) is 0. The lowest BCUT2D eigenvalue weighted by Gasteiger charge is -2.12. The van der Waals surface area contributed by atoms with Crippen LogP contribution in [0.4, 0.5) is 8.78 Å². The first-order valence-corrected chi connectivity index (χ1v) is 5.37. The van der Waals surface area contributed by atoms with E-state index in [-0.39, 0.29) is 12.2 Å². The Hall–Kier alpha value is -1.98. The minimum Gasteiger partial charge on any atom is -0.464 e. The van der Waals surface area contributed by atoms with E-state index in [1.54, 1.807) is 6.92 Å². The minimum atomic E-state index is -0.885. The van der Waals surface area contributed by atoms with Gasteiger partial charge in [-0.2, -0.15) is 0 Å². The van der Waals surface area contributed by atoms with E-state index in [0.29, 0.717) is 6.07 Å². The largest absolute Gasteiger partial charge is 0.464 e. The quantitative estimate of drug-likeness (QED) is 0.834. The minimum absolute atomic E-state index is 0.188. The summed E-state index contributed by atoms with van der Waals surface area (Å²) in [6.45, 7) is 3.24. The Balaban J connectivity index is 2.73. The van der Waals surface area contributed by atoms with E-state index in [2.05, 4.69) is 10.1 Å². The molecule has 0 spiro atoms. The van der Waals surface area contributed by atoms with Crippen molar-refractivity contribution < 1.29 is 23.1 Å². The van der Waals surface area contributed by atoms with Crippen LogP contribution in [-0.4, -0.2) is 24.5 Å². The van der Waals surface area contributed by atoms with Crippen LogP contribution in [0, 0.1) is 11.6 Å². The van der Waals surface area contributed by atoms with Crippen molar-refractivity contribution in [3.63, 3.8) is 0 Å². The lowest BCUT2D eigenvalue weighted by molar-refractivity contribution is -0.144. The first-order valence-electron chi connectivity index (χ1n) is 5.37. The molecule has 4 nitrogen and oxygen atoms in total. The Morgan fingerprint density at radius 2 is 1.83 bits per heavy atom. The molecule has 1 aromatic carbocycles. The molecule has 0 bridgehead atoms. The predicted octanol–water partition coefficient (Wildman–Crippen LogP) is 1.65. The smallest absolute Gasteiger partial charge is 0.328 e. The van der Waals surface area contributed by atoms with Crippen LogP contribution in [0.2, 0.25) is 0 Å². The Kier molecular flexibility index (Phi) is 4.76. The molecule has 0 heterocycles. The van der Waals surface area contributed by atoms with Gasteiger partial charge < -0.3 is 10.1 Å². The fourth-order valence-electron chi connectivity index (χ4n) is 1.29. The summed E-state index contributed by atoms with van der Waals surface area (Å²) in [4.78, 5) is 22.9. The van der Waals surface area contributed by atoms with Crippen molar-refractivity contribution in [3.05, 3.63) is 35.4 Å². The second-order valence-corrected chi connectivity index (χ2v) is 3.61. The van der Waals surface area contributed by atoms with Gasteiger partial charge in [-0.05, 0) is 26.0 Å². The zero-order chi connectivity index (χ0) is 13.7. The maximum atomic E-state index is 12.9. The molecule has 1 atom stereocenters. The molecule has 98 valence electrons. The molecule has 0 saturated heterocycles. The molecular weight excluding hydrogens is 244 g/mol. The number of benzene rings is 1. The first kappa shape index (κ1) is 14.1. The second kappa shape index (κ2) is 6.09. The number of ether oxygens (including phenoxy) is 1. The van der Waals surface area contributed by atoms with E-state index in [9.17, 15) is 18.4 Å². The summed E-state index contributed by atoms with van der Waals surface area (Å²) in [5.74, 6) is -3.07. The van der Waals surface area contributed by atoms with Crippen LogP contribution in [-0.2, 0) is 9.53 Å². The van der Waals surface area contributed by atoms with Crippen molar-refractivity contribution in [1.82, 2.24) is 5.32 Å². The maximum Gasteiger partial charge on any atom is 0.328 e. The van der Waals surface area contributed by atoms with Crippen LogP contribution >= 0.6 is 0 Å². The summed E-state index contributed by atoms with van der Waals surface area (Å²) in [6.07, 6.45) is 0. The van der Waals surface area contributed by atoms with E-state index in [0.717, 1.165) is 12.1 Å². The average Bonchev–Trinajstić information content (AvgIpc) is 2.27. The number of esters is 1. The van der Waals surface area contributed by atoms with Crippen molar-refractivity contribution >= 4 is 11.9 Å². The Bertz CT molecular complexity index is 442. The first-order chi connectivity index (χ1) is 8.43. The van der Waals surface area contributed by atoms with Gasteiger partial charge in [-0.3, -0.25) is 4.79 Å². The van der Waals surface area contributed by atoms with E-state index < -0.39 is 29.6 Å². The number of nitrogens with one attached hydrogen (secondary N) is 1. The van der Waals surface area contributed by atoms with Gasteiger partial charge in [0.15, 0.2) is 0 Å². The molecular formula is C12H13F2NO3. The van der Waals surface area contributed by atoms with Crippen LogP contribution in [0.25, 0.3) is 0 Å². The molecule has 18 heavy (non-hydrogen) atoms. The van der Waals surface area contributed by atoms with E-state index in [1.807, 2.05) is 0 Å². The van der Waals surface area contributed by atoms with Crippen LogP contribution in [0.1, 0.15) is 24.2 Å².